The van der Waals surface area contributed by atoms with Crippen molar-refractivity contribution in [3.8, 4) is 0 Å². The van der Waals surface area contributed by atoms with E-state index in [0.29, 0.717) is 0 Å². The van der Waals surface area contributed by atoms with Gasteiger partial charge in [0.1, 0.15) is 0 Å². The molecule has 1 heteroatoms. The highest BCUT2D eigenvalue weighted by Gasteiger charge is 1.93. The average molecular weight is 135 g/mol. The van der Waals surface area contributed by atoms with Crippen LogP contribution in [0, 0.1) is 0 Å². The molecule has 0 amide bonds. The Bertz CT molecular complexity index is 233. The third-order valence-electron chi connectivity index (χ3n) is 1.54. The molecule has 0 fully saturated rings. The van der Waals surface area contributed by atoms with Crippen LogP contribution in [0.4, 0.5) is 5.69 Å². The van der Waals surface area contributed by atoms with Gasteiger partial charge in [0.15, 0.2) is 0 Å². The van der Waals surface area contributed by atoms with Gasteiger partial charge in [-0.05, 0) is 24.8 Å². The zero-order valence-corrected chi connectivity index (χ0v) is 6.17. The van der Waals surface area contributed by atoms with Crippen LogP contribution in [0.25, 0.3) is 0 Å². The molecule has 10 heavy (non-hydrogen) atoms. The minimum atomic E-state index is 0. The number of aryl methyl sites for hydroxylation is 1. The Labute approximate surface area is 62.9 Å². The van der Waals surface area contributed by atoms with E-state index < -0.39 is 0 Å². The fourth-order valence-corrected chi connectivity index (χ4v) is 0.964. The van der Waals surface area contributed by atoms with Crippen LogP contribution in [0.2, 0.25) is 0 Å². The third-order valence-corrected chi connectivity index (χ3v) is 1.54. The molecule has 0 saturated carbocycles. The second kappa shape index (κ2) is 3.16. The van der Waals surface area contributed by atoms with Crippen molar-refractivity contribution in [3.63, 3.8) is 0 Å². The van der Waals surface area contributed by atoms with Crippen molar-refractivity contribution < 1.29 is 1.43 Å². The molecule has 1 nitrogen and oxygen atoms in total. The number of hydrogen-bond donors (Lipinski definition) is 0. The number of benzene rings is 1. The van der Waals surface area contributed by atoms with E-state index in [1.165, 1.54) is 5.56 Å². The van der Waals surface area contributed by atoms with Gasteiger partial charge in [-0.3, -0.25) is 4.99 Å². The summed E-state index contributed by atoms with van der Waals surface area (Å²) in [4.78, 5) is 3.89. The lowest BCUT2D eigenvalue weighted by Gasteiger charge is -1.98. The second-order valence-electron chi connectivity index (χ2n) is 2.14. The van der Waals surface area contributed by atoms with Gasteiger partial charge in [-0.2, -0.15) is 0 Å². The largest absolute Gasteiger partial charge is 0.264 e. The number of para-hydroxylation sites is 1. The molecule has 0 aromatic heterocycles. The molecule has 0 aliphatic carbocycles. The van der Waals surface area contributed by atoms with Crippen molar-refractivity contribution in [3.05, 3.63) is 29.8 Å². The number of nitrogens with zero attached hydrogens (tertiary/aromatic N) is 1. The smallest absolute Gasteiger partial charge is 0.0654 e. The summed E-state index contributed by atoms with van der Waals surface area (Å²) in [6.45, 7) is 5.60. The molecule has 0 bridgehead atoms. The topological polar surface area (TPSA) is 12.4 Å². The summed E-state index contributed by atoms with van der Waals surface area (Å²) in [5, 5.41) is 0. The van der Waals surface area contributed by atoms with Crippen molar-refractivity contribution in [1.29, 1.82) is 0 Å². The summed E-state index contributed by atoms with van der Waals surface area (Å²) < 4.78 is 0. The molecule has 54 valence electrons. The van der Waals surface area contributed by atoms with Crippen molar-refractivity contribution in [2.24, 2.45) is 4.99 Å². The van der Waals surface area contributed by atoms with Crippen LogP contribution in [0.15, 0.2) is 29.3 Å². The Kier molecular flexibility index (Phi) is 2.21. The molecular formula is C9H13N. The summed E-state index contributed by atoms with van der Waals surface area (Å²) in [5.74, 6) is 0. The molecule has 1 rings (SSSR count). The molecule has 0 atom stereocenters. The minimum Gasteiger partial charge on any atom is -0.264 e. The predicted octanol–water partition coefficient (Wildman–Crippen LogP) is 2.83. The average Bonchev–Trinajstić information content (AvgIpc) is 2.04. The Balaban J connectivity index is 0.000001000. The Morgan fingerprint density at radius 3 is 2.70 bits per heavy atom. The summed E-state index contributed by atoms with van der Waals surface area (Å²) in [5.41, 5.74) is 2.27. The highest BCUT2D eigenvalue weighted by Crippen LogP contribution is 2.17. The summed E-state index contributed by atoms with van der Waals surface area (Å²) in [7, 11) is 0. The monoisotopic (exact) mass is 135 g/mol. The fraction of sp³-hybridized carbons (Fsp3) is 0.222. The highest BCUT2D eigenvalue weighted by molar-refractivity contribution is 5.51. The van der Waals surface area contributed by atoms with E-state index in [1.54, 1.807) is 0 Å². The highest BCUT2D eigenvalue weighted by atomic mass is 14.7. The van der Waals surface area contributed by atoms with Crippen LogP contribution in [0.5, 0.6) is 0 Å². The van der Waals surface area contributed by atoms with Gasteiger partial charge in [0.05, 0.1) is 5.69 Å². The molecule has 0 aliphatic heterocycles. The molecule has 1 aromatic carbocycles. The normalized spacial score (nSPS) is 9.30. The van der Waals surface area contributed by atoms with E-state index in [4.69, 9.17) is 0 Å². The quantitative estimate of drug-likeness (QED) is 0.553. The maximum atomic E-state index is 3.89. The lowest BCUT2D eigenvalue weighted by molar-refractivity contribution is 1.13. The maximum absolute atomic E-state index is 3.89. The first kappa shape index (κ1) is 7.00. The van der Waals surface area contributed by atoms with Crippen molar-refractivity contribution in [2.45, 2.75) is 13.3 Å². The SMILES string of the molecule is C=Nc1ccccc1CC.[HH]. The molecule has 0 N–H and O–H groups in total. The van der Waals surface area contributed by atoms with Gasteiger partial charge in [-0.25, -0.2) is 0 Å². The van der Waals surface area contributed by atoms with Crippen LogP contribution in [0.3, 0.4) is 0 Å². The number of hydrogen-bond acceptors (Lipinski definition) is 1. The molecule has 0 radical (unpaired) electrons. The summed E-state index contributed by atoms with van der Waals surface area (Å²) >= 11 is 0. The van der Waals surface area contributed by atoms with Gasteiger partial charge in [0, 0.05) is 1.43 Å². The van der Waals surface area contributed by atoms with E-state index in [9.17, 15) is 0 Å². The van der Waals surface area contributed by atoms with Gasteiger partial charge in [-0.15, -0.1) is 0 Å². The molecule has 0 aliphatic rings. The van der Waals surface area contributed by atoms with Crippen LogP contribution in [0.1, 0.15) is 13.9 Å². The van der Waals surface area contributed by atoms with Crippen molar-refractivity contribution >= 4 is 12.4 Å². The lowest BCUT2D eigenvalue weighted by atomic mass is 10.1. The molecular weight excluding hydrogens is 122 g/mol. The van der Waals surface area contributed by atoms with Crippen LogP contribution in [-0.4, -0.2) is 6.72 Å². The molecule has 0 heterocycles. The van der Waals surface area contributed by atoms with Gasteiger partial charge >= 0.3 is 0 Å². The fourth-order valence-electron chi connectivity index (χ4n) is 0.964. The van der Waals surface area contributed by atoms with E-state index in [0.717, 1.165) is 12.1 Å². The van der Waals surface area contributed by atoms with Crippen LogP contribution >= 0.6 is 0 Å². The Hall–Kier alpha value is -1.11. The van der Waals surface area contributed by atoms with E-state index in [1.807, 2.05) is 18.2 Å². The van der Waals surface area contributed by atoms with Gasteiger partial charge in [0.25, 0.3) is 0 Å². The first-order valence-corrected chi connectivity index (χ1v) is 3.43. The van der Waals surface area contributed by atoms with Gasteiger partial charge < -0.3 is 0 Å². The standard InChI is InChI=1S/C9H11N.H2/c1-3-8-6-4-5-7-9(8)10-2;/h4-7H,2-3H2,1H3;1H. The second-order valence-corrected chi connectivity index (χ2v) is 2.14. The first-order valence-electron chi connectivity index (χ1n) is 3.43. The van der Waals surface area contributed by atoms with Gasteiger partial charge in [0.2, 0.25) is 0 Å². The van der Waals surface area contributed by atoms with Crippen LogP contribution < -0.4 is 0 Å². The Morgan fingerprint density at radius 2 is 2.20 bits per heavy atom. The molecule has 0 saturated heterocycles. The zero-order valence-electron chi connectivity index (χ0n) is 6.17. The van der Waals surface area contributed by atoms with E-state index in [2.05, 4.69) is 24.7 Å². The first-order chi connectivity index (χ1) is 4.88. The number of rotatable bonds is 2. The Morgan fingerprint density at radius 1 is 1.50 bits per heavy atom. The van der Waals surface area contributed by atoms with Crippen molar-refractivity contribution in [2.75, 3.05) is 0 Å². The van der Waals surface area contributed by atoms with E-state index >= 15 is 0 Å². The van der Waals surface area contributed by atoms with E-state index in [-0.39, 0.29) is 1.43 Å². The molecule has 0 spiro atoms. The third kappa shape index (κ3) is 1.24. The van der Waals surface area contributed by atoms with Gasteiger partial charge in [-0.1, -0.05) is 25.1 Å². The minimum absolute atomic E-state index is 0. The number of aliphatic imine (C=N–C) groups is 1. The zero-order chi connectivity index (χ0) is 7.40. The lowest BCUT2D eigenvalue weighted by Crippen LogP contribution is -1.78. The maximum Gasteiger partial charge on any atom is 0.0654 e. The molecule has 0 unspecified atom stereocenters. The summed E-state index contributed by atoms with van der Waals surface area (Å²) in [6.07, 6.45) is 1.02. The predicted molar refractivity (Wildman–Crippen MR) is 47.1 cm³/mol. The summed E-state index contributed by atoms with van der Waals surface area (Å²) in [6, 6.07) is 8.05. The van der Waals surface area contributed by atoms with Crippen LogP contribution in [-0.2, 0) is 6.42 Å². The molecule has 1 aromatic rings. The van der Waals surface area contributed by atoms with Crippen molar-refractivity contribution in [1.82, 2.24) is 0 Å².